The second-order valence-corrected chi connectivity index (χ2v) is 6.25. The molecule has 2 fully saturated rings. The normalized spacial score (nSPS) is 27.4. The molecule has 3 nitrogen and oxygen atoms in total. The zero-order valence-corrected chi connectivity index (χ0v) is 12.7. The number of rotatable bonds is 4. The maximum atomic E-state index is 5.43. The van der Waals surface area contributed by atoms with Gasteiger partial charge in [0.2, 0.25) is 0 Å². The van der Waals surface area contributed by atoms with Gasteiger partial charge in [-0.2, -0.15) is 0 Å². The van der Waals surface area contributed by atoms with Crippen LogP contribution in [0.5, 0.6) is 5.75 Å². The molecular weight excluding hydrogens is 268 g/mol. The molecule has 2 aliphatic rings. The van der Waals surface area contributed by atoms with E-state index in [-0.39, 0.29) is 0 Å². The van der Waals surface area contributed by atoms with Crippen LogP contribution >= 0.6 is 12.2 Å². The highest BCUT2D eigenvalue weighted by atomic mass is 32.1. The molecule has 0 radical (unpaired) electrons. The van der Waals surface area contributed by atoms with Crippen LogP contribution in [0.25, 0.3) is 0 Å². The molecule has 0 spiro atoms. The van der Waals surface area contributed by atoms with E-state index >= 15 is 0 Å². The second-order valence-electron chi connectivity index (χ2n) is 5.84. The average Bonchev–Trinajstić information content (AvgIpc) is 3.03. The van der Waals surface area contributed by atoms with E-state index in [4.69, 9.17) is 17.0 Å². The summed E-state index contributed by atoms with van der Waals surface area (Å²) in [6.07, 6.45) is 5.47. The van der Waals surface area contributed by atoms with Gasteiger partial charge >= 0.3 is 0 Å². The molecular formula is C16H22N2OS. The Morgan fingerprint density at radius 2 is 2.05 bits per heavy atom. The fourth-order valence-corrected chi connectivity index (χ4v) is 3.83. The molecule has 0 aromatic heterocycles. The quantitative estimate of drug-likeness (QED) is 0.831. The lowest BCUT2D eigenvalue weighted by Gasteiger charge is -2.24. The Kier molecular flexibility index (Phi) is 4.10. The maximum absolute atomic E-state index is 5.43. The Hall–Kier alpha value is -1.29. The highest BCUT2D eigenvalue weighted by molar-refractivity contribution is 7.80. The number of nitrogens with one attached hydrogen (secondary N) is 2. The number of hydrogen-bond acceptors (Lipinski definition) is 2. The highest BCUT2D eigenvalue weighted by Gasteiger charge is 2.39. The minimum atomic E-state index is 0.580. The van der Waals surface area contributed by atoms with Gasteiger partial charge in [-0.05, 0) is 74.5 Å². The first-order valence-electron chi connectivity index (χ1n) is 7.55. The average molecular weight is 290 g/mol. The van der Waals surface area contributed by atoms with Crippen molar-refractivity contribution >= 4 is 23.0 Å². The third kappa shape index (κ3) is 3.06. The smallest absolute Gasteiger partial charge is 0.171 e. The molecule has 0 saturated heterocycles. The molecule has 3 rings (SSSR count). The van der Waals surface area contributed by atoms with E-state index in [1.807, 2.05) is 31.2 Å². The second kappa shape index (κ2) is 6.00. The third-order valence-electron chi connectivity index (χ3n) is 4.48. The number of thiocarbonyl (C=S) groups is 1. The van der Waals surface area contributed by atoms with Gasteiger partial charge in [-0.1, -0.05) is 6.42 Å². The Labute approximate surface area is 126 Å². The molecule has 0 unspecified atom stereocenters. The predicted molar refractivity (Wildman–Crippen MR) is 86.2 cm³/mol. The van der Waals surface area contributed by atoms with Gasteiger partial charge in [0, 0.05) is 11.7 Å². The van der Waals surface area contributed by atoms with Crippen molar-refractivity contribution in [3.8, 4) is 5.75 Å². The minimum Gasteiger partial charge on any atom is -0.494 e. The van der Waals surface area contributed by atoms with Crippen LogP contribution in [0.15, 0.2) is 24.3 Å². The van der Waals surface area contributed by atoms with Crippen molar-refractivity contribution in [3.63, 3.8) is 0 Å². The molecule has 0 heterocycles. The molecule has 2 saturated carbocycles. The van der Waals surface area contributed by atoms with Crippen molar-refractivity contribution in [2.45, 2.75) is 38.6 Å². The zero-order valence-electron chi connectivity index (χ0n) is 11.9. The molecule has 2 aliphatic carbocycles. The van der Waals surface area contributed by atoms with Crippen LogP contribution in [0.1, 0.15) is 32.6 Å². The van der Waals surface area contributed by atoms with E-state index in [1.165, 1.54) is 25.7 Å². The maximum Gasteiger partial charge on any atom is 0.171 e. The summed E-state index contributed by atoms with van der Waals surface area (Å²) in [5, 5.41) is 7.49. The van der Waals surface area contributed by atoms with Crippen molar-refractivity contribution in [2.24, 2.45) is 11.8 Å². The van der Waals surface area contributed by atoms with Gasteiger partial charge in [0.15, 0.2) is 5.11 Å². The van der Waals surface area contributed by atoms with E-state index in [0.29, 0.717) is 12.6 Å². The van der Waals surface area contributed by atoms with Crippen molar-refractivity contribution in [3.05, 3.63) is 24.3 Å². The Morgan fingerprint density at radius 1 is 1.25 bits per heavy atom. The summed E-state index contributed by atoms with van der Waals surface area (Å²) in [6, 6.07) is 8.51. The summed E-state index contributed by atoms with van der Waals surface area (Å²) in [7, 11) is 0. The topological polar surface area (TPSA) is 33.3 Å². The van der Waals surface area contributed by atoms with Gasteiger partial charge < -0.3 is 15.4 Å². The van der Waals surface area contributed by atoms with E-state index < -0.39 is 0 Å². The summed E-state index contributed by atoms with van der Waals surface area (Å²) in [4.78, 5) is 0. The van der Waals surface area contributed by atoms with Gasteiger partial charge in [-0.3, -0.25) is 0 Å². The van der Waals surface area contributed by atoms with E-state index in [2.05, 4.69) is 10.6 Å². The van der Waals surface area contributed by atoms with Crippen molar-refractivity contribution in [1.29, 1.82) is 0 Å². The van der Waals surface area contributed by atoms with Crippen LogP contribution in [0.3, 0.4) is 0 Å². The Morgan fingerprint density at radius 3 is 2.65 bits per heavy atom. The molecule has 20 heavy (non-hydrogen) atoms. The highest BCUT2D eigenvalue weighted by Crippen LogP contribution is 2.44. The van der Waals surface area contributed by atoms with Crippen molar-refractivity contribution in [1.82, 2.24) is 5.32 Å². The summed E-state index contributed by atoms with van der Waals surface area (Å²) in [5.74, 6) is 2.66. The number of hydrogen-bond donors (Lipinski definition) is 2. The number of benzene rings is 1. The zero-order chi connectivity index (χ0) is 13.9. The summed E-state index contributed by atoms with van der Waals surface area (Å²) >= 11 is 5.42. The van der Waals surface area contributed by atoms with E-state index in [9.17, 15) is 0 Å². The molecule has 1 aromatic carbocycles. The van der Waals surface area contributed by atoms with Gasteiger partial charge in [0.1, 0.15) is 5.75 Å². The first-order valence-corrected chi connectivity index (χ1v) is 7.96. The van der Waals surface area contributed by atoms with Crippen LogP contribution in [0.4, 0.5) is 5.69 Å². The molecule has 1 aromatic rings. The van der Waals surface area contributed by atoms with Crippen LogP contribution in [-0.4, -0.2) is 17.8 Å². The number of anilines is 1. The van der Waals surface area contributed by atoms with Gasteiger partial charge in [0.25, 0.3) is 0 Å². The number of fused-ring (bicyclic) bond motifs is 2. The van der Waals surface area contributed by atoms with Crippen molar-refractivity contribution < 1.29 is 4.74 Å². The third-order valence-corrected chi connectivity index (χ3v) is 4.70. The monoisotopic (exact) mass is 290 g/mol. The first kappa shape index (κ1) is 13.7. The summed E-state index contributed by atoms with van der Waals surface area (Å²) in [6.45, 7) is 2.68. The molecule has 4 heteroatoms. The SMILES string of the molecule is CCOc1ccc(NC(=S)N[C@@H]2C[C@H]3CC[C@H]2C3)cc1. The van der Waals surface area contributed by atoms with Crippen molar-refractivity contribution in [2.75, 3.05) is 11.9 Å². The largest absolute Gasteiger partial charge is 0.494 e. The fourth-order valence-electron chi connectivity index (χ4n) is 3.56. The molecule has 3 atom stereocenters. The van der Waals surface area contributed by atoms with Crippen LogP contribution in [0.2, 0.25) is 0 Å². The minimum absolute atomic E-state index is 0.580. The molecule has 0 aliphatic heterocycles. The van der Waals surface area contributed by atoms with Crippen LogP contribution in [0, 0.1) is 11.8 Å². The summed E-state index contributed by atoms with van der Waals surface area (Å²) < 4.78 is 5.43. The summed E-state index contributed by atoms with van der Waals surface area (Å²) in [5.41, 5.74) is 1.01. The molecule has 0 amide bonds. The van der Waals surface area contributed by atoms with Crippen LogP contribution < -0.4 is 15.4 Å². The first-order chi connectivity index (χ1) is 9.74. The van der Waals surface area contributed by atoms with Gasteiger partial charge in [-0.25, -0.2) is 0 Å². The number of ether oxygens (including phenoxy) is 1. The molecule has 2 N–H and O–H groups in total. The van der Waals surface area contributed by atoms with Gasteiger partial charge in [-0.15, -0.1) is 0 Å². The van der Waals surface area contributed by atoms with Gasteiger partial charge in [0.05, 0.1) is 6.61 Å². The van der Waals surface area contributed by atoms with E-state index in [0.717, 1.165) is 28.4 Å². The lowest BCUT2D eigenvalue weighted by atomic mass is 9.96. The fraction of sp³-hybridized carbons (Fsp3) is 0.562. The van der Waals surface area contributed by atoms with E-state index in [1.54, 1.807) is 0 Å². The lowest BCUT2D eigenvalue weighted by Crippen LogP contribution is -2.40. The standard InChI is InChI=1S/C16H22N2OS/c1-2-19-14-7-5-13(6-8-14)17-16(20)18-15-10-11-3-4-12(15)9-11/h5-8,11-12,15H,2-4,9-10H2,1H3,(H2,17,18,20)/t11-,12-,15+/m0/s1. The predicted octanol–water partition coefficient (Wildman–Crippen LogP) is 3.56. The molecule has 108 valence electrons. The Balaban J connectivity index is 1.51. The lowest BCUT2D eigenvalue weighted by molar-refractivity contribution is 0.340. The Bertz CT molecular complexity index is 474. The van der Waals surface area contributed by atoms with Crippen LogP contribution in [-0.2, 0) is 0 Å². The molecule has 2 bridgehead atoms.